The van der Waals surface area contributed by atoms with Crippen LogP contribution in [0.25, 0.3) is 11.0 Å². The molecular formula is C46H55N7O3S. The quantitative estimate of drug-likeness (QED) is 0.107. The number of nitrogens with zero attached hydrogens (tertiary/aromatic N) is 4. The maximum atomic E-state index is 13.8. The van der Waals surface area contributed by atoms with E-state index in [9.17, 15) is 4.79 Å². The van der Waals surface area contributed by atoms with Crippen molar-refractivity contribution in [3.8, 4) is 11.6 Å². The lowest BCUT2D eigenvalue weighted by atomic mass is 9.60. The molecule has 298 valence electrons. The number of anilines is 2. The smallest absolute Gasteiger partial charge is 0.266 e. The van der Waals surface area contributed by atoms with Gasteiger partial charge in [-0.25, -0.2) is 4.98 Å². The number of H-pyrrole nitrogens is 1. The molecule has 3 saturated heterocycles. The van der Waals surface area contributed by atoms with Crippen molar-refractivity contribution in [2.45, 2.75) is 88.1 Å². The number of fused-ring (bicyclic) bond motifs is 1. The molecule has 1 aliphatic carbocycles. The predicted octanol–water partition coefficient (Wildman–Crippen LogP) is 9.74. The van der Waals surface area contributed by atoms with Crippen molar-refractivity contribution in [2.75, 3.05) is 49.6 Å². The molecule has 5 aromatic rings. The van der Waals surface area contributed by atoms with Gasteiger partial charge in [0, 0.05) is 67.1 Å². The van der Waals surface area contributed by atoms with Gasteiger partial charge in [0.25, 0.3) is 5.91 Å². The summed E-state index contributed by atoms with van der Waals surface area (Å²) < 4.78 is 14.9. The SMILES string of the molecule is CC(C)c1ccccc1C1CCCN1C1CC2(CCN(c3ccc(C(=O)NSc4ccc(NCC5CCOCC5)cc4)c(Oc4cnc5[nH]ccc5c4)n3)CC2)C1. The Labute approximate surface area is 340 Å². The van der Waals surface area contributed by atoms with Gasteiger partial charge < -0.3 is 24.7 Å². The number of ether oxygens (including phenoxy) is 2. The van der Waals surface area contributed by atoms with E-state index in [1.165, 1.54) is 49.7 Å². The Bertz CT molecular complexity index is 2150. The first kappa shape index (κ1) is 38.0. The van der Waals surface area contributed by atoms with Crippen molar-refractivity contribution >= 4 is 40.4 Å². The maximum absolute atomic E-state index is 13.8. The molecule has 1 saturated carbocycles. The number of amides is 1. The molecule has 11 heteroatoms. The fourth-order valence-electron chi connectivity index (χ4n) is 9.65. The van der Waals surface area contributed by atoms with E-state index >= 15 is 0 Å². The van der Waals surface area contributed by atoms with E-state index in [2.05, 4.69) is 80.1 Å². The van der Waals surface area contributed by atoms with Crippen molar-refractivity contribution in [2.24, 2.45) is 11.3 Å². The minimum atomic E-state index is -0.263. The summed E-state index contributed by atoms with van der Waals surface area (Å²) in [4.78, 5) is 32.6. The van der Waals surface area contributed by atoms with Gasteiger partial charge in [-0.05, 0) is 147 Å². The minimum Gasteiger partial charge on any atom is -0.436 e. The van der Waals surface area contributed by atoms with Crippen molar-refractivity contribution in [1.82, 2.24) is 24.6 Å². The summed E-state index contributed by atoms with van der Waals surface area (Å²) in [6.45, 7) is 10.4. The Morgan fingerprint density at radius 3 is 2.61 bits per heavy atom. The third kappa shape index (κ3) is 8.38. The Kier molecular flexibility index (Phi) is 11.1. The second-order valence-electron chi connectivity index (χ2n) is 16.9. The minimum absolute atomic E-state index is 0.263. The van der Waals surface area contributed by atoms with Crippen LogP contribution >= 0.6 is 11.9 Å². The molecule has 3 N–H and O–H groups in total. The molecule has 9 rings (SSSR count). The van der Waals surface area contributed by atoms with Gasteiger partial charge in [-0.1, -0.05) is 38.1 Å². The average molecular weight is 786 g/mol. The highest BCUT2D eigenvalue weighted by atomic mass is 32.2. The van der Waals surface area contributed by atoms with Crippen LogP contribution in [0.15, 0.2) is 90.1 Å². The molecule has 1 spiro atoms. The van der Waals surface area contributed by atoms with Crippen LogP contribution in [0, 0.1) is 11.3 Å². The normalized spacial score (nSPS) is 20.3. The lowest BCUT2D eigenvalue weighted by Crippen LogP contribution is -2.55. The fourth-order valence-corrected chi connectivity index (χ4v) is 10.2. The predicted molar refractivity (Wildman–Crippen MR) is 228 cm³/mol. The van der Waals surface area contributed by atoms with Gasteiger partial charge in [0.1, 0.15) is 22.8 Å². The van der Waals surface area contributed by atoms with Crippen LogP contribution in [-0.4, -0.2) is 71.2 Å². The molecule has 1 atom stereocenters. The van der Waals surface area contributed by atoms with Gasteiger partial charge in [0.15, 0.2) is 0 Å². The van der Waals surface area contributed by atoms with Crippen LogP contribution in [-0.2, 0) is 4.74 Å². The van der Waals surface area contributed by atoms with E-state index in [1.54, 1.807) is 11.8 Å². The van der Waals surface area contributed by atoms with Crippen molar-refractivity contribution in [1.29, 1.82) is 0 Å². The lowest BCUT2D eigenvalue weighted by molar-refractivity contribution is -0.0228. The zero-order valence-corrected chi connectivity index (χ0v) is 34.0. The van der Waals surface area contributed by atoms with E-state index in [0.717, 1.165) is 86.0 Å². The van der Waals surface area contributed by atoms with E-state index < -0.39 is 0 Å². The highest BCUT2D eigenvalue weighted by Crippen LogP contribution is 2.54. The molecule has 4 aliphatic rings. The molecule has 6 heterocycles. The van der Waals surface area contributed by atoms with Crippen molar-refractivity contribution in [3.05, 3.63) is 102 Å². The molecule has 4 fully saturated rings. The molecule has 10 nitrogen and oxygen atoms in total. The summed E-state index contributed by atoms with van der Waals surface area (Å²) in [7, 11) is 0. The third-order valence-electron chi connectivity index (χ3n) is 13.0. The summed E-state index contributed by atoms with van der Waals surface area (Å²) >= 11 is 1.29. The maximum Gasteiger partial charge on any atom is 0.266 e. The number of hydrogen-bond donors (Lipinski definition) is 3. The standard InChI is InChI=1S/C46H55N7O3S/c1-31(2)38-6-3-4-7-39(38)41-8-5-21-53(41)35-27-46(28-35)18-22-52(23-19-46)42-14-13-40(45(50-42)56-36-26-33-15-20-47-43(33)49-30-36)44(54)51-57-37-11-9-34(10-12-37)48-29-32-16-24-55-25-17-32/h3-4,6-7,9-15,20,26,30-32,35,41,48H,5,8,16-19,21-25,27-29H2,1-2H3,(H,47,49)(H,51,54). The second-order valence-corrected chi connectivity index (χ2v) is 17.8. The molecular weight excluding hydrogens is 731 g/mol. The van der Waals surface area contributed by atoms with E-state index in [-0.39, 0.29) is 11.8 Å². The number of piperidine rings is 1. The van der Waals surface area contributed by atoms with Crippen LogP contribution in [0.4, 0.5) is 11.5 Å². The Hall–Kier alpha value is -4.58. The Morgan fingerprint density at radius 1 is 1.00 bits per heavy atom. The molecule has 57 heavy (non-hydrogen) atoms. The highest BCUT2D eigenvalue weighted by molar-refractivity contribution is 7.98. The molecule has 3 aromatic heterocycles. The topological polar surface area (TPSA) is 108 Å². The van der Waals surface area contributed by atoms with E-state index in [4.69, 9.17) is 14.5 Å². The van der Waals surface area contributed by atoms with Gasteiger partial charge in [0.2, 0.25) is 5.88 Å². The highest BCUT2D eigenvalue weighted by Gasteiger charge is 2.50. The van der Waals surface area contributed by atoms with Gasteiger partial charge >= 0.3 is 0 Å². The number of likely N-dealkylation sites (tertiary alicyclic amines) is 1. The third-order valence-corrected chi connectivity index (χ3v) is 13.8. The lowest BCUT2D eigenvalue weighted by Gasteiger charge is -2.56. The van der Waals surface area contributed by atoms with E-state index in [0.29, 0.717) is 40.6 Å². The van der Waals surface area contributed by atoms with Gasteiger partial charge in [-0.15, -0.1) is 0 Å². The van der Waals surface area contributed by atoms with Crippen LogP contribution < -0.4 is 19.7 Å². The molecule has 0 radical (unpaired) electrons. The monoisotopic (exact) mass is 785 g/mol. The van der Waals surface area contributed by atoms with Crippen molar-refractivity contribution in [3.63, 3.8) is 0 Å². The fraction of sp³-hybridized carbons (Fsp3) is 0.457. The summed E-state index contributed by atoms with van der Waals surface area (Å²) in [5.41, 5.74) is 5.70. The first-order valence-electron chi connectivity index (χ1n) is 21.0. The zero-order valence-electron chi connectivity index (χ0n) is 33.2. The number of benzene rings is 2. The van der Waals surface area contributed by atoms with E-state index in [1.807, 2.05) is 42.6 Å². The first-order chi connectivity index (χ1) is 27.9. The van der Waals surface area contributed by atoms with Gasteiger partial charge in [-0.2, -0.15) is 4.98 Å². The molecule has 1 amide bonds. The van der Waals surface area contributed by atoms with Crippen LogP contribution in [0.2, 0.25) is 0 Å². The molecule has 3 aliphatic heterocycles. The van der Waals surface area contributed by atoms with Crippen LogP contribution in [0.5, 0.6) is 11.6 Å². The Morgan fingerprint density at radius 2 is 1.81 bits per heavy atom. The van der Waals surface area contributed by atoms with Crippen molar-refractivity contribution < 1.29 is 14.3 Å². The molecule has 2 aromatic carbocycles. The average Bonchev–Trinajstić information content (AvgIpc) is 3.92. The summed E-state index contributed by atoms with van der Waals surface area (Å²) in [5.74, 6) is 2.57. The van der Waals surface area contributed by atoms with Gasteiger partial charge in [0.05, 0.1) is 6.20 Å². The van der Waals surface area contributed by atoms with Gasteiger partial charge in [-0.3, -0.25) is 14.4 Å². The molecule has 1 unspecified atom stereocenters. The number of carbonyl (C=O) groups excluding carboxylic acids is 1. The van der Waals surface area contributed by atoms with Crippen LogP contribution in [0.1, 0.15) is 98.7 Å². The zero-order chi connectivity index (χ0) is 38.8. The number of aromatic amines is 1. The second kappa shape index (κ2) is 16.7. The first-order valence-corrected chi connectivity index (χ1v) is 21.8. The number of carbonyl (C=O) groups is 1. The number of aromatic nitrogens is 3. The summed E-state index contributed by atoms with van der Waals surface area (Å²) in [6.07, 6.45) is 13.1. The van der Waals surface area contributed by atoms with Crippen LogP contribution in [0.3, 0.4) is 0 Å². The Balaban J connectivity index is 0.850. The molecule has 0 bridgehead atoms. The number of pyridine rings is 2. The largest absolute Gasteiger partial charge is 0.436 e. The number of hydrogen-bond acceptors (Lipinski definition) is 9. The number of nitrogens with one attached hydrogen (secondary N) is 3. The summed E-state index contributed by atoms with van der Waals surface area (Å²) in [6, 6.07) is 26.2. The summed E-state index contributed by atoms with van der Waals surface area (Å²) in [5, 5.41) is 4.48. The number of rotatable bonds is 12.